The van der Waals surface area contributed by atoms with Crippen LogP contribution in [0.25, 0.3) is 16.5 Å². The molecule has 0 spiro atoms. The second kappa shape index (κ2) is 7.70. The van der Waals surface area contributed by atoms with Crippen molar-refractivity contribution >= 4 is 39.1 Å². The van der Waals surface area contributed by atoms with E-state index >= 15 is 0 Å². The van der Waals surface area contributed by atoms with E-state index in [4.69, 9.17) is 0 Å². The normalized spacial score (nSPS) is 11.9. The number of allylic oxidation sites excluding steroid dienone is 1. The fourth-order valence-electron chi connectivity index (χ4n) is 2.33. The number of rotatable bonds is 4. The summed E-state index contributed by atoms with van der Waals surface area (Å²) in [6.07, 6.45) is -1.33. The van der Waals surface area contributed by atoms with Crippen LogP contribution in [0.1, 0.15) is 20.8 Å². The van der Waals surface area contributed by atoms with Crippen LogP contribution >= 0.6 is 27.3 Å². The number of carbonyl (C=O) groups is 1. The molecule has 1 aromatic heterocycles. The Bertz CT molecular complexity index is 1000. The molecule has 0 atom stereocenters. The van der Waals surface area contributed by atoms with Gasteiger partial charge in [0, 0.05) is 4.88 Å². The molecule has 0 aliphatic carbocycles. The minimum atomic E-state index is -4.37. The van der Waals surface area contributed by atoms with Gasteiger partial charge in [-0.05, 0) is 69.5 Å². The molecule has 3 rings (SSSR count). The molecule has 1 N–H and O–H groups in total. The van der Waals surface area contributed by atoms with Crippen molar-refractivity contribution in [1.82, 2.24) is 0 Å². The van der Waals surface area contributed by atoms with Crippen molar-refractivity contribution in [2.75, 3.05) is 0 Å². The first-order chi connectivity index (χ1) is 12.7. The zero-order valence-corrected chi connectivity index (χ0v) is 16.0. The predicted octanol–water partition coefficient (Wildman–Crippen LogP) is 6.80. The maximum atomic E-state index is 12.6. The summed E-state index contributed by atoms with van der Waals surface area (Å²) in [5.74, 6) is -0.0970. The molecule has 0 amide bonds. The third-order valence-electron chi connectivity index (χ3n) is 3.74. The molecule has 3 aromatic rings. The summed E-state index contributed by atoms with van der Waals surface area (Å²) >= 11 is 4.42. The summed E-state index contributed by atoms with van der Waals surface area (Å²) in [4.78, 5) is 13.5. The van der Waals surface area contributed by atoms with E-state index in [0.29, 0.717) is 19.8 Å². The molecule has 0 fully saturated rings. The molecule has 0 aliphatic rings. The van der Waals surface area contributed by atoms with Gasteiger partial charge in [-0.2, -0.15) is 13.2 Å². The van der Waals surface area contributed by atoms with Crippen LogP contribution in [0, 0.1) is 0 Å². The number of hydrogen-bond acceptors (Lipinski definition) is 3. The second-order valence-corrected chi connectivity index (χ2v) is 7.59. The molecule has 0 bridgehead atoms. The fourth-order valence-corrected chi connectivity index (χ4v) is 3.66. The average Bonchev–Trinajstić information content (AvgIpc) is 3.12. The topological polar surface area (TPSA) is 37.3 Å². The third kappa shape index (κ3) is 4.67. The van der Waals surface area contributed by atoms with Crippen LogP contribution < -0.4 is 0 Å². The van der Waals surface area contributed by atoms with Gasteiger partial charge in [-0.25, -0.2) is 0 Å². The highest BCUT2D eigenvalue weighted by molar-refractivity contribution is 9.10. The standard InChI is InChI=1S/C20H12BrF3O2S/c21-15-11-12(1-7-16(15)25)2-8-17(26)19-10-9-18(27-19)13-3-5-14(6-4-13)20(22,23)24/h1-11,25H/b8-2+. The van der Waals surface area contributed by atoms with Crippen LogP contribution in [0.5, 0.6) is 5.75 Å². The number of carbonyl (C=O) groups excluding carboxylic acids is 1. The molecule has 0 radical (unpaired) electrons. The number of hydrogen-bond donors (Lipinski definition) is 1. The first-order valence-electron chi connectivity index (χ1n) is 7.72. The van der Waals surface area contributed by atoms with Gasteiger partial charge in [0.25, 0.3) is 0 Å². The van der Waals surface area contributed by atoms with E-state index < -0.39 is 11.7 Å². The van der Waals surface area contributed by atoms with Crippen LogP contribution in [-0.2, 0) is 6.18 Å². The third-order valence-corrected chi connectivity index (χ3v) is 5.53. The second-order valence-electron chi connectivity index (χ2n) is 5.65. The van der Waals surface area contributed by atoms with Gasteiger partial charge in [-0.1, -0.05) is 24.3 Å². The van der Waals surface area contributed by atoms with E-state index in [2.05, 4.69) is 15.9 Å². The summed E-state index contributed by atoms with van der Waals surface area (Å²) < 4.78 is 38.4. The highest BCUT2D eigenvalue weighted by Gasteiger charge is 2.30. The Morgan fingerprint density at radius 1 is 1.04 bits per heavy atom. The average molecular weight is 453 g/mol. The van der Waals surface area contributed by atoms with Gasteiger partial charge in [-0.15, -0.1) is 11.3 Å². The van der Waals surface area contributed by atoms with E-state index in [1.807, 2.05) is 0 Å². The molecule has 27 heavy (non-hydrogen) atoms. The Balaban J connectivity index is 1.75. The van der Waals surface area contributed by atoms with E-state index in [1.165, 1.54) is 35.6 Å². The number of phenols is 1. The van der Waals surface area contributed by atoms with Crippen LogP contribution in [0.3, 0.4) is 0 Å². The number of aromatic hydroxyl groups is 1. The predicted molar refractivity (Wildman–Crippen MR) is 104 cm³/mol. The molecule has 0 unspecified atom stereocenters. The Morgan fingerprint density at radius 2 is 1.74 bits per heavy atom. The van der Waals surface area contributed by atoms with Crippen molar-refractivity contribution in [2.24, 2.45) is 0 Å². The Morgan fingerprint density at radius 3 is 2.37 bits per heavy atom. The minimum absolute atomic E-state index is 0.109. The lowest BCUT2D eigenvalue weighted by molar-refractivity contribution is -0.137. The quantitative estimate of drug-likeness (QED) is 0.349. The van der Waals surface area contributed by atoms with Crippen molar-refractivity contribution in [2.45, 2.75) is 6.18 Å². The number of thiophene rings is 1. The maximum absolute atomic E-state index is 12.6. The van der Waals surface area contributed by atoms with Gasteiger partial charge in [0.2, 0.25) is 0 Å². The zero-order chi connectivity index (χ0) is 19.6. The highest BCUT2D eigenvalue weighted by atomic mass is 79.9. The number of phenolic OH excluding ortho intramolecular Hbond substituents is 1. The molecule has 0 saturated heterocycles. The van der Waals surface area contributed by atoms with Crippen molar-refractivity contribution < 1.29 is 23.1 Å². The first-order valence-corrected chi connectivity index (χ1v) is 9.33. The van der Waals surface area contributed by atoms with Crippen molar-refractivity contribution in [1.29, 1.82) is 0 Å². The van der Waals surface area contributed by atoms with Gasteiger partial charge < -0.3 is 5.11 Å². The first kappa shape index (κ1) is 19.4. The van der Waals surface area contributed by atoms with Gasteiger partial charge in [0.15, 0.2) is 5.78 Å². The fraction of sp³-hybridized carbons (Fsp3) is 0.0500. The van der Waals surface area contributed by atoms with E-state index in [-0.39, 0.29) is 11.5 Å². The largest absolute Gasteiger partial charge is 0.507 e. The summed E-state index contributed by atoms with van der Waals surface area (Å²) in [6.45, 7) is 0. The minimum Gasteiger partial charge on any atom is -0.507 e. The molecule has 1 heterocycles. The van der Waals surface area contributed by atoms with Crippen molar-refractivity contribution in [3.8, 4) is 16.2 Å². The van der Waals surface area contributed by atoms with Crippen LogP contribution in [-0.4, -0.2) is 10.9 Å². The molecule has 7 heteroatoms. The Hall–Kier alpha value is -2.38. The van der Waals surface area contributed by atoms with Crippen molar-refractivity contribution in [3.63, 3.8) is 0 Å². The monoisotopic (exact) mass is 452 g/mol. The summed E-state index contributed by atoms with van der Waals surface area (Å²) in [5.41, 5.74) is 0.660. The number of alkyl halides is 3. The highest BCUT2D eigenvalue weighted by Crippen LogP contribution is 2.33. The summed E-state index contributed by atoms with van der Waals surface area (Å²) in [6, 6.07) is 13.1. The molecular weight excluding hydrogens is 441 g/mol. The SMILES string of the molecule is O=C(/C=C/c1ccc(O)c(Br)c1)c1ccc(-c2ccc(C(F)(F)F)cc2)s1. The smallest absolute Gasteiger partial charge is 0.416 e. The maximum Gasteiger partial charge on any atom is 0.416 e. The number of benzene rings is 2. The zero-order valence-electron chi connectivity index (χ0n) is 13.6. The van der Waals surface area contributed by atoms with Gasteiger partial charge in [0.05, 0.1) is 14.9 Å². The van der Waals surface area contributed by atoms with E-state index in [0.717, 1.165) is 17.7 Å². The lowest BCUT2D eigenvalue weighted by Gasteiger charge is -2.06. The van der Waals surface area contributed by atoms with E-state index in [1.54, 1.807) is 30.3 Å². The van der Waals surface area contributed by atoms with Gasteiger partial charge >= 0.3 is 6.18 Å². The van der Waals surface area contributed by atoms with E-state index in [9.17, 15) is 23.1 Å². The van der Waals surface area contributed by atoms with Crippen LogP contribution in [0.2, 0.25) is 0 Å². The van der Waals surface area contributed by atoms with Gasteiger partial charge in [-0.3, -0.25) is 4.79 Å². The summed E-state index contributed by atoms with van der Waals surface area (Å²) in [7, 11) is 0. The molecular formula is C20H12BrF3O2S. The molecule has 0 aliphatic heterocycles. The van der Waals surface area contributed by atoms with Crippen molar-refractivity contribution in [3.05, 3.63) is 81.2 Å². The Labute approximate surface area is 165 Å². The van der Waals surface area contributed by atoms with Crippen LogP contribution in [0.15, 0.2) is 65.1 Å². The Kier molecular flexibility index (Phi) is 5.53. The van der Waals surface area contributed by atoms with Crippen LogP contribution in [0.4, 0.5) is 13.2 Å². The summed E-state index contributed by atoms with van der Waals surface area (Å²) in [5, 5.41) is 9.47. The number of halogens is 4. The molecule has 138 valence electrons. The lowest BCUT2D eigenvalue weighted by atomic mass is 10.1. The van der Waals surface area contributed by atoms with Gasteiger partial charge in [0.1, 0.15) is 5.75 Å². The number of ketones is 1. The lowest BCUT2D eigenvalue weighted by Crippen LogP contribution is -2.03. The molecule has 2 aromatic carbocycles. The molecule has 0 saturated carbocycles. The molecule has 2 nitrogen and oxygen atoms in total.